The molecule has 0 fully saturated rings. The molecule has 24 heavy (non-hydrogen) atoms. The van der Waals surface area contributed by atoms with E-state index in [1.807, 2.05) is 48.5 Å². The fourth-order valence-electron chi connectivity index (χ4n) is 2.62. The number of aliphatic hydroxyl groups is 2. The van der Waals surface area contributed by atoms with E-state index >= 15 is 0 Å². The Labute approximate surface area is 139 Å². The number of H-pyrrole nitrogens is 1. The predicted molar refractivity (Wildman–Crippen MR) is 96.2 cm³/mol. The maximum absolute atomic E-state index is 12.4. The summed E-state index contributed by atoms with van der Waals surface area (Å²) in [6.45, 7) is 0.272. The molecule has 2 aromatic carbocycles. The van der Waals surface area contributed by atoms with Crippen molar-refractivity contribution >= 4 is 16.5 Å². The number of aromatic nitrogens is 1. The summed E-state index contributed by atoms with van der Waals surface area (Å²) < 4.78 is 0. The monoisotopic (exact) mass is 324 g/mol. The Morgan fingerprint density at radius 1 is 1.08 bits per heavy atom. The first-order valence-corrected chi connectivity index (χ1v) is 7.92. The lowest BCUT2D eigenvalue weighted by atomic mass is 10.1. The van der Waals surface area contributed by atoms with Gasteiger partial charge in [0.2, 0.25) is 0 Å². The van der Waals surface area contributed by atoms with Gasteiger partial charge in [-0.25, -0.2) is 0 Å². The van der Waals surface area contributed by atoms with E-state index in [0.29, 0.717) is 18.4 Å². The van der Waals surface area contributed by atoms with E-state index < -0.39 is 6.10 Å². The van der Waals surface area contributed by atoms with Crippen LogP contribution in [0.25, 0.3) is 22.0 Å². The molecule has 4 N–H and O–H groups in total. The van der Waals surface area contributed by atoms with E-state index in [2.05, 4.69) is 10.3 Å². The number of aromatic amines is 1. The van der Waals surface area contributed by atoms with Crippen molar-refractivity contribution in [2.75, 3.05) is 18.5 Å². The van der Waals surface area contributed by atoms with E-state index in [1.54, 1.807) is 6.07 Å². The molecule has 0 spiro atoms. The second kappa shape index (κ2) is 7.29. The van der Waals surface area contributed by atoms with Crippen molar-refractivity contribution in [2.45, 2.75) is 12.5 Å². The SMILES string of the molecule is O=c1[nH]c(-c2ccccc2)cc2ccc(NCCC(O)CO)cc12. The maximum Gasteiger partial charge on any atom is 0.256 e. The minimum Gasteiger partial charge on any atom is -0.394 e. The zero-order valence-electron chi connectivity index (χ0n) is 13.2. The van der Waals surface area contributed by atoms with E-state index in [9.17, 15) is 9.90 Å². The number of fused-ring (bicyclic) bond motifs is 1. The molecule has 0 radical (unpaired) electrons. The summed E-state index contributed by atoms with van der Waals surface area (Å²) >= 11 is 0. The van der Waals surface area contributed by atoms with Crippen molar-refractivity contribution in [1.29, 1.82) is 0 Å². The molecule has 1 atom stereocenters. The molecule has 1 aromatic heterocycles. The van der Waals surface area contributed by atoms with Gasteiger partial charge in [-0.05, 0) is 35.6 Å². The number of hydrogen-bond donors (Lipinski definition) is 4. The molecule has 0 aliphatic heterocycles. The average Bonchev–Trinajstić information content (AvgIpc) is 2.62. The van der Waals surface area contributed by atoms with Gasteiger partial charge in [0.15, 0.2) is 0 Å². The van der Waals surface area contributed by atoms with Gasteiger partial charge in [-0.3, -0.25) is 4.79 Å². The van der Waals surface area contributed by atoms with Crippen LogP contribution < -0.4 is 10.9 Å². The van der Waals surface area contributed by atoms with Crippen LogP contribution >= 0.6 is 0 Å². The minimum absolute atomic E-state index is 0.134. The van der Waals surface area contributed by atoms with E-state index in [1.165, 1.54) is 0 Å². The number of hydrogen-bond acceptors (Lipinski definition) is 4. The van der Waals surface area contributed by atoms with Crippen molar-refractivity contribution < 1.29 is 10.2 Å². The highest BCUT2D eigenvalue weighted by molar-refractivity contribution is 5.87. The third-order valence-electron chi connectivity index (χ3n) is 3.95. The highest BCUT2D eigenvalue weighted by atomic mass is 16.3. The topological polar surface area (TPSA) is 85.4 Å². The standard InChI is InChI=1S/C19H20N2O3/c22-12-16(23)8-9-20-15-7-6-14-10-18(13-4-2-1-3-5-13)21-19(24)17(14)11-15/h1-7,10-11,16,20,22-23H,8-9,12H2,(H,21,24). The van der Waals surface area contributed by atoms with Crippen molar-refractivity contribution in [2.24, 2.45) is 0 Å². The number of aliphatic hydroxyl groups excluding tert-OH is 2. The van der Waals surface area contributed by atoms with Crippen molar-refractivity contribution in [3.63, 3.8) is 0 Å². The zero-order chi connectivity index (χ0) is 16.9. The molecule has 0 saturated heterocycles. The van der Waals surface area contributed by atoms with Gasteiger partial charge in [0.25, 0.3) is 5.56 Å². The molecule has 3 aromatic rings. The van der Waals surface area contributed by atoms with Crippen LogP contribution in [0, 0.1) is 0 Å². The summed E-state index contributed by atoms with van der Waals surface area (Å²) in [6, 6.07) is 17.3. The van der Waals surface area contributed by atoms with Crippen molar-refractivity contribution in [3.05, 3.63) is 65.0 Å². The first-order chi connectivity index (χ1) is 11.7. The third-order valence-corrected chi connectivity index (χ3v) is 3.95. The molecular formula is C19H20N2O3. The fourth-order valence-corrected chi connectivity index (χ4v) is 2.62. The molecule has 0 bridgehead atoms. The van der Waals surface area contributed by atoms with Gasteiger partial charge >= 0.3 is 0 Å². The lowest BCUT2D eigenvalue weighted by Gasteiger charge is -2.10. The molecule has 3 rings (SSSR count). The molecule has 1 unspecified atom stereocenters. The molecule has 1 heterocycles. The highest BCUT2D eigenvalue weighted by Crippen LogP contribution is 2.21. The van der Waals surface area contributed by atoms with Crippen LogP contribution in [0.3, 0.4) is 0 Å². The summed E-state index contributed by atoms with van der Waals surface area (Å²) in [5, 5.41) is 22.8. The van der Waals surface area contributed by atoms with Gasteiger partial charge in [-0.15, -0.1) is 0 Å². The summed E-state index contributed by atoms with van der Waals surface area (Å²) in [5.41, 5.74) is 2.44. The summed E-state index contributed by atoms with van der Waals surface area (Å²) in [7, 11) is 0. The lowest BCUT2D eigenvalue weighted by Crippen LogP contribution is -2.17. The lowest BCUT2D eigenvalue weighted by molar-refractivity contribution is 0.0911. The quantitative estimate of drug-likeness (QED) is 0.561. The van der Waals surface area contributed by atoms with Gasteiger partial charge < -0.3 is 20.5 Å². The molecule has 0 aliphatic carbocycles. The summed E-state index contributed by atoms with van der Waals surface area (Å²) in [5.74, 6) is 0. The van der Waals surface area contributed by atoms with E-state index in [0.717, 1.165) is 22.3 Å². The Morgan fingerprint density at radius 2 is 1.88 bits per heavy atom. The molecule has 0 amide bonds. The smallest absolute Gasteiger partial charge is 0.256 e. The van der Waals surface area contributed by atoms with Crippen LogP contribution in [0.2, 0.25) is 0 Å². The zero-order valence-corrected chi connectivity index (χ0v) is 13.2. The molecule has 5 heteroatoms. The van der Waals surface area contributed by atoms with Crippen LogP contribution in [0.15, 0.2) is 59.4 Å². The van der Waals surface area contributed by atoms with E-state index in [-0.39, 0.29) is 12.2 Å². The van der Waals surface area contributed by atoms with Gasteiger partial charge in [0, 0.05) is 23.3 Å². The predicted octanol–water partition coefficient (Wildman–Crippen LogP) is 2.35. The summed E-state index contributed by atoms with van der Waals surface area (Å²) in [4.78, 5) is 15.3. The average molecular weight is 324 g/mol. The molecular weight excluding hydrogens is 304 g/mol. The van der Waals surface area contributed by atoms with Gasteiger partial charge in [-0.2, -0.15) is 0 Å². The number of benzene rings is 2. The number of pyridine rings is 1. The van der Waals surface area contributed by atoms with Gasteiger partial charge in [0.1, 0.15) is 0 Å². The van der Waals surface area contributed by atoms with Gasteiger partial charge in [-0.1, -0.05) is 36.4 Å². The van der Waals surface area contributed by atoms with Crippen LogP contribution in [0.1, 0.15) is 6.42 Å². The summed E-state index contributed by atoms with van der Waals surface area (Å²) in [6.07, 6.45) is -0.285. The van der Waals surface area contributed by atoms with E-state index in [4.69, 9.17) is 5.11 Å². The second-order valence-electron chi connectivity index (χ2n) is 5.73. The Balaban J connectivity index is 1.86. The minimum atomic E-state index is -0.727. The second-order valence-corrected chi connectivity index (χ2v) is 5.73. The third kappa shape index (κ3) is 3.64. The first-order valence-electron chi connectivity index (χ1n) is 7.92. The number of rotatable bonds is 6. The highest BCUT2D eigenvalue weighted by Gasteiger charge is 2.06. The number of nitrogens with one attached hydrogen (secondary N) is 2. The van der Waals surface area contributed by atoms with Crippen LogP contribution in [0.5, 0.6) is 0 Å². The maximum atomic E-state index is 12.4. The normalized spacial score (nSPS) is 12.2. The molecule has 0 saturated carbocycles. The molecule has 0 aliphatic rings. The number of anilines is 1. The Morgan fingerprint density at radius 3 is 2.62 bits per heavy atom. The van der Waals surface area contributed by atoms with Crippen LogP contribution in [0.4, 0.5) is 5.69 Å². The fraction of sp³-hybridized carbons (Fsp3) is 0.211. The Bertz CT molecular complexity index is 875. The molecule has 5 nitrogen and oxygen atoms in total. The van der Waals surface area contributed by atoms with Crippen molar-refractivity contribution in [1.82, 2.24) is 4.98 Å². The van der Waals surface area contributed by atoms with Gasteiger partial charge in [0.05, 0.1) is 12.7 Å². The Kier molecular flexibility index (Phi) is 4.93. The van der Waals surface area contributed by atoms with Crippen LogP contribution in [-0.2, 0) is 0 Å². The van der Waals surface area contributed by atoms with Crippen LogP contribution in [-0.4, -0.2) is 34.5 Å². The largest absolute Gasteiger partial charge is 0.394 e. The molecule has 124 valence electrons. The Hall–Kier alpha value is -2.63. The van der Waals surface area contributed by atoms with Crippen molar-refractivity contribution in [3.8, 4) is 11.3 Å². The first kappa shape index (κ1) is 16.2.